The fourth-order valence-electron chi connectivity index (χ4n) is 0.541. The minimum atomic E-state index is -0.319. The van der Waals surface area contributed by atoms with Crippen LogP contribution < -0.4 is 67.7 Å². The van der Waals surface area contributed by atoms with E-state index in [1.165, 1.54) is 24.3 Å². The van der Waals surface area contributed by atoms with Gasteiger partial charge in [-0.1, -0.05) is 0 Å². The fraction of sp³-hybridized carbons (Fsp3) is 0. The molecule has 0 aromatic heterocycles. The summed E-state index contributed by atoms with van der Waals surface area (Å²) in [5, 5.41) is 0. The van der Waals surface area contributed by atoms with Gasteiger partial charge in [-0.25, -0.2) is 4.39 Å². The van der Waals surface area contributed by atoms with Crippen LogP contribution in [0.25, 0.3) is 0 Å². The average molecular weight is 311 g/mol. The summed E-state index contributed by atoms with van der Waals surface area (Å²) in [6.45, 7) is 0. The number of hydrogen-bond acceptors (Lipinski definition) is 12. The Morgan fingerprint density at radius 2 is 0.850 bits per heavy atom. The van der Waals surface area contributed by atoms with E-state index in [0.29, 0.717) is 11.8 Å². The van der Waals surface area contributed by atoms with Crippen molar-refractivity contribution in [3.8, 4) is 0 Å². The Labute approximate surface area is 120 Å². The summed E-state index contributed by atoms with van der Waals surface area (Å²) < 4.78 is 12.1. The van der Waals surface area contributed by atoms with Crippen LogP contribution in [-0.4, -0.2) is 6.29 Å². The molecule has 0 bridgehead atoms. The van der Waals surface area contributed by atoms with Crippen molar-refractivity contribution in [2.75, 3.05) is 0 Å². The van der Waals surface area contributed by atoms with Crippen LogP contribution >= 0.6 is 0 Å². The fourth-order valence-corrected chi connectivity index (χ4v) is 0.541. The van der Waals surface area contributed by atoms with Crippen molar-refractivity contribution in [3.05, 3.63) is 35.6 Å². The molecule has 0 saturated heterocycles. The van der Waals surface area contributed by atoms with Gasteiger partial charge in [0, 0.05) is 5.56 Å². The third-order valence-electron chi connectivity index (χ3n) is 1.01. The zero-order chi connectivity index (χ0) is 6.69. The van der Waals surface area contributed by atoms with Crippen LogP contribution in [0.2, 0.25) is 0 Å². The lowest BCUT2D eigenvalue weighted by Crippen LogP contribution is -1.77. The number of aldehydes is 1. The van der Waals surface area contributed by atoms with E-state index in [1.807, 2.05) is 0 Å². The van der Waals surface area contributed by atoms with Crippen molar-refractivity contribution in [2.24, 2.45) is 0 Å². The molecular formula is C7H38FN11O. The highest BCUT2D eigenvalue weighted by Crippen LogP contribution is 1.98. The van der Waals surface area contributed by atoms with E-state index >= 15 is 0 Å². The summed E-state index contributed by atoms with van der Waals surface area (Å²) in [5.74, 6) is -0.319. The molecule has 0 amide bonds. The Hall–Kier alpha value is -1.62. The smallest absolute Gasteiger partial charge is 0.150 e. The lowest BCUT2D eigenvalue weighted by atomic mass is 10.2. The molecule has 0 aliphatic heterocycles. The number of rotatable bonds is 1. The highest BCUT2D eigenvalue weighted by atomic mass is 19.1. The van der Waals surface area contributed by atoms with Gasteiger partial charge in [-0.15, -0.1) is 0 Å². The number of carbonyl (C=O) groups is 1. The van der Waals surface area contributed by atoms with E-state index in [1.54, 1.807) is 0 Å². The molecule has 1 rings (SSSR count). The molecule has 1 aromatic carbocycles. The monoisotopic (exact) mass is 311 g/mol. The maximum absolute atomic E-state index is 12.1. The second-order valence-corrected chi connectivity index (χ2v) is 1.67. The predicted octanol–water partition coefficient (Wildman–Crippen LogP) is 3.42. The zero-order valence-corrected chi connectivity index (χ0v) is 12.5. The highest BCUT2D eigenvalue weighted by molar-refractivity contribution is 5.74. The van der Waals surface area contributed by atoms with E-state index in [2.05, 4.69) is 0 Å². The first kappa shape index (κ1) is 102. The number of halogens is 1. The number of carbonyl (C=O) groups excluding carboxylic acids is 1. The van der Waals surface area contributed by atoms with Crippen molar-refractivity contribution in [2.45, 2.75) is 0 Å². The Kier molecular flexibility index (Phi) is 270. The van der Waals surface area contributed by atoms with Gasteiger partial charge in [0.05, 0.1) is 0 Å². The Morgan fingerprint density at radius 1 is 0.600 bits per heavy atom. The van der Waals surface area contributed by atoms with Gasteiger partial charge in [0.1, 0.15) is 12.1 Å². The lowest BCUT2D eigenvalue weighted by Gasteiger charge is -1.86. The molecule has 12 nitrogen and oxygen atoms in total. The van der Waals surface area contributed by atoms with Gasteiger partial charge in [-0.2, -0.15) is 0 Å². The minimum Gasteiger partial charge on any atom is -0.344 e. The van der Waals surface area contributed by atoms with E-state index in [-0.39, 0.29) is 73.5 Å². The first-order valence-corrected chi connectivity index (χ1v) is 2.53. The summed E-state index contributed by atoms with van der Waals surface area (Å²) in [5.41, 5.74) is 0.497. The van der Waals surface area contributed by atoms with Crippen molar-refractivity contribution in [3.63, 3.8) is 0 Å². The summed E-state index contributed by atoms with van der Waals surface area (Å²) in [6, 6.07) is 5.37. The first-order chi connectivity index (χ1) is 4.33. The quantitative estimate of drug-likeness (QED) is 0.331. The van der Waals surface area contributed by atoms with Crippen molar-refractivity contribution < 1.29 is 9.18 Å². The number of benzene rings is 1. The molecule has 0 fully saturated rings. The summed E-state index contributed by atoms with van der Waals surface area (Å²) in [7, 11) is 0. The van der Waals surface area contributed by atoms with E-state index in [9.17, 15) is 9.18 Å². The van der Waals surface area contributed by atoms with Crippen LogP contribution in [0.15, 0.2) is 24.3 Å². The average Bonchev–Trinajstić information content (AvgIpc) is 1.90. The minimum absolute atomic E-state index is 0. The van der Waals surface area contributed by atoms with E-state index < -0.39 is 0 Å². The van der Waals surface area contributed by atoms with Gasteiger partial charge in [0.15, 0.2) is 0 Å². The van der Waals surface area contributed by atoms with Crippen LogP contribution in [-0.2, 0) is 0 Å². The molecule has 0 heterocycles. The summed E-state index contributed by atoms with van der Waals surface area (Å²) >= 11 is 0. The molecule has 0 unspecified atom stereocenters. The van der Waals surface area contributed by atoms with Crippen molar-refractivity contribution in [1.82, 2.24) is 67.7 Å². The Morgan fingerprint density at radius 3 is 1.05 bits per heavy atom. The second-order valence-electron chi connectivity index (χ2n) is 1.67. The van der Waals surface area contributed by atoms with Crippen LogP contribution in [0.3, 0.4) is 0 Å². The van der Waals surface area contributed by atoms with Gasteiger partial charge >= 0.3 is 0 Å². The Bertz CT molecular complexity index is 223. The molecule has 13 heteroatoms. The molecular weight excluding hydrogens is 273 g/mol. The summed E-state index contributed by atoms with van der Waals surface area (Å²) in [6.07, 6.45) is 0.680. The van der Waals surface area contributed by atoms with Gasteiger partial charge < -0.3 is 67.7 Å². The summed E-state index contributed by atoms with van der Waals surface area (Å²) in [4.78, 5) is 10.00. The van der Waals surface area contributed by atoms with E-state index in [0.717, 1.165) is 0 Å². The van der Waals surface area contributed by atoms with Gasteiger partial charge in [0.2, 0.25) is 0 Å². The first-order valence-electron chi connectivity index (χ1n) is 2.53. The largest absolute Gasteiger partial charge is 0.344 e. The molecule has 0 aliphatic carbocycles. The van der Waals surface area contributed by atoms with Crippen LogP contribution in [0.4, 0.5) is 4.39 Å². The molecule has 20 heavy (non-hydrogen) atoms. The second kappa shape index (κ2) is 53.0. The van der Waals surface area contributed by atoms with Gasteiger partial charge in [-0.3, -0.25) is 4.79 Å². The predicted molar refractivity (Wildman–Crippen MR) is 87.0 cm³/mol. The van der Waals surface area contributed by atoms with Crippen LogP contribution in [0.1, 0.15) is 10.4 Å². The lowest BCUT2D eigenvalue weighted by molar-refractivity contribution is 0.112. The molecule has 134 valence electrons. The molecule has 33 N–H and O–H groups in total. The van der Waals surface area contributed by atoms with Crippen LogP contribution in [0.5, 0.6) is 0 Å². The SMILES string of the molecule is N.N.N.N.N.N.N.N.N.N.N.O=Cc1ccc(F)cc1. The number of hydrogen-bond donors (Lipinski definition) is 11. The molecule has 0 saturated carbocycles. The van der Waals surface area contributed by atoms with Gasteiger partial charge in [-0.05, 0) is 24.3 Å². The normalized spacial score (nSPS) is 4.05. The maximum Gasteiger partial charge on any atom is 0.150 e. The standard InChI is InChI=1S/C7H5FO.11H3N/c8-7-3-1-6(5-9)2-4-7;;;;;;;;;;;/h1-5H;11*1H3. The molecule has 0 radical (unpaired) electrons. The third kappa shape index (κ3) is 36.0. The Balaban J connectivity index is -0.00000000818. The zero-order valence-electron chi connectivity index (χ0n) is 12.5. The van der Waals surface area contributed by atoms with Crippen molar-refractivity contribution in [1.29, 1.82) is 0 Å². The van der Waals surface area contributed by atoms with Crippen molar-refractivity contribution >= 4 is 6.29 Å². The molecule has 1 aromatic rings. The van der Waals surface area contributed by atoms with Gasteiger partial charge in [0.25, 0.3) is 0 Å². The van der Waals surface area contributed by atoms with E-state index in [4.69, 9.17) is 0 Å². The topological polar surface area (TPSA) is 402 Å². The molecule has 0 aliphatic rings. The third-order valence-corrected chi connectivity index (χ3v) is 1.01. The highest BCUT2D eigenvalue weighted by Gasteiger charge is 1.87. The molecule has 0 atom stereocenters. The van der Waals surface area contributed by atoms with Crippen LogP contribution in [0, 0.1) is 5.82 Å². The maximum atomic E-state index is 12.1. The molecule has 0 spiro atoms.